The van der Waals surface area contributed by atoms with E-state index in [1.165, 1.54) is 11.3 Å². The summed E-state index contributed by atoms with van der Waals surface area (Å²) in [7, 11) is 8.12. The minimum Gasteiger partial charge on any atom is -0.382 e. The molecule has 16 heavy (non-hydrogen) atoms. The minimum atomic E-state index is 1.26. The summed E-state index contributed by atoms with van der Waals surface area (Å²) in [4.78, 5) is 4.12. The van der Waals surface area contributed by atoms with Gasteiger partial charge in [-0.25, -0.2) is 0 Å². The molecule has 0 fully saturated rings. The van der Waals surface area contributed by atoms with Crippen molar-refractivity contribution in [3.8, 4) is 0 Å². The van der Waals surface area contributed by atoms with E-state index < -0.39 is 0 Å². The van der Waals surface area contributed by atoms with Crippen LogP contribution in [0, 0.1) is 6.92 Å². The minimum absolute atomic E-state index is 1.26. The number of allylic oxidation sites excluding steroid dienone is 1. The number of hydrogen-bond donors (Lipinski definition) is 0. The Balaban J connectivity index is 0.000000288. The van der Waals surface area contributed by atoms with Crippen LogP contribution in [0.2, 0.25) is 0 Å². The molecule has 0 heterocycles. The lowest BCUT2D eigenvalue weighted by Gasteiger charge is -2.15. The largest absolute Gasteiger partial charge is 0.382 e. The van der Waals surface area contributed by atoms with Crippen molar-refractivity contribution in [2.45, 2.75) is 13.8 Å². The zero-order valence-corrected chi connectivity index (χ0v) is 11.4. The fourth-order valence-electron chi connectivity index (χ4n) is 1.02. The molecule has 0 unspecified atom stereocenters. The third-order valence-corrected chi connectivity index (χ3v) is 2.09. The first-order valence-electron chi connectivity index (χ1n) is 5.47. The van der Waals surface area contributed by atoms with Gasteiger partial charge in [0.25, 0.3) is 0 Å². The highest BCUT2D eigenvalue weighted by atomic mass is 15.1. The van der Waals surface area contributed by atoms with Crippen LogP contribution in [0.25, 0.3) is 0 Å². The van der Waals surface area contributed by atoms with Crippen molar-refractivity contribution in [3.63, 3.8) is 0 Å². The topological polar surface area (TPSA) is 6.48 Å². The SMILES string of the molecule is CC(=CN(C)C)N(C)C.Cc1ccccc1. The third-order valence-electron chi connectivity index (χ3n) is 2.09. The smallest absolute Gasteiger partial charge is 0.0257 e. The molecule has 0 bridgehead atoms. The van der Waals surface area contributed by atoms with Crippen molar-refractivity contribution < 1.29 is 0 Å². The van der Waals surface area contributed by atoms with Crippen LogP contribution in [0.4, 0.5) is 0 Å². The summed E-state index contributed by atoms with van der Waals surface area (Å²) >= 11 is 0. The predicted molar refractivity (Wildman–Crippen MR) is 72.3 cm³/mol. The average Bonchev–Trinajstić information content (AvgIpc) is 2.18. The monoisotopic (exact) mass is 220 g/mol. The first-order valence-corrected chi connectivity index (χ1v) is 5.47. The van der Waals surface area contributed by atoms with Gasteiger partial charge in [0.15, 0.2) is 0 Å². The molecule has 0 aliphatic rings. The van der Waals surface area contributed by atoms with Crippen molar-refractivity contribution in [2.75, 3.05) is 28.2 Å². The number of aryl methyl sites for hydroxylation is 1. The van der Waals surface area contributed by atoms with Gasteiger partial charge < -0.3 is 9.80 Å². The second-order valence-electron chi connectivity index (χ2n) is 4.28. The fraction of sp³-hybridized carbons (Fsp3) is 0.429. The fourth-order valence-corrected chi connectivity index (χ4v) is 1.02. The Bertz CT molecular complexity index is 300. The highest BCUT2D eigenvalue weighted by Gasteiger charge is 1.88. The summed E-state index contributed by atoms with van der Waals surface area (Å²) in [5.41, 5.74) is 2.59. The summed E-state index contributed by atoms with van der Waals surface area (Å²) in [6.07, 6.45) is 2.08. The van der Waals surface area contributed by atoms with E-state index in [-0.39, 0.29) is 0 Å². The van der Waals surface area contributed by atoms with Crippen LogP contribution in [0.5, 0.6) is 0 Å². The molecule has 0 saturated heterocycles. The molecule has 90 valence electrons. The van der Waals surface area contributed by atoms with E-state index in [0.29, 0.717) is 0 Å². The molecule has 1 aromatic rings. The van der Waals surface area contributed by atoms with Crippen molar-refractivity contribution >= 4 is 0 Å². The van der Waals surface area contributed by atoms with E-state index in [1.807, 2.05) is 51.3 Å². The Morgan fingerprint density at radius 2 is 1.50 bits per heavy atom. The first-order chi connectivity index (χ1) is 7.43. The van der Waals surface area contributed by atoms with Gasteiger partial charge in [0.05, 0.1) is 0 Å². The lowest BCUT2D eigenvalue weighted by atomic mass is 10.2. The van der Waals surface area contributed by atoms with Crippen LogP contribution in [0.3, 0.4) is 0 Å². The highest BCUT2D eigenvalue weighted by Crippen LogP contribution is 1.95. The molecule has 0 aliphatic heterocycles. The molecule has 0 saturated carbocycles. The standard InChI is InChI=1S/C7H16N2.C7H8/c1-7(9(4)5)6-8(2)3;1-7-5-3-2-4-6-7/h6H,1-5H3;2-6H,1H3. The number of benzene rings is 1. The van der Waals surface area contributed by atoms with Crippen molar-refractivity contribution in [3.05, 3.63) is 47.8 Å². The van der Waals surface area contributed by atoms with Crippen molar-refractivity contribution in [2.24, 2.45) is 0 Å². The van der Waals surface area contributed by atoms with Crippen LogP contribution >= 0.6 is 0 Å². The first kappa shape index (κ1) is 14.6. The summed E-state index contributed by atoms with van der Waals surface area (Å²) in [6.45, 7) is 4.17. The van der Waals surface area contributed by atoms with Gasteiger partial charge in [-0.15, -0.1) is 0 Å². The van der Waals surface area contributed by atoms with Gasteiger partial charge in [-0.1, -0.05) is 35.9 Å². The van der Waals surface area contributed by atoms with Crippen molar-refractivity contribution in [1.29, 1.82) is 0 Å². The van der Waals surface area contributed by atoms with Gasteiger partial charge in [-0.2, -0.15) is 0 Å². The lowest BCUT2D eigenvalue weighted by molar-refractivity contribution is 0.474. The van der Waals surface area contributed by atoms with Crippen LogP contribution in [-0.2, 0) is 0 Å². The van der Waals surface area contributed by atoms with Crippen LogP contribution < -0.4 is 0 Å². The Morgan fingerprint density at radius 3 is 1.69 bits per heavy atom. The zero-order chi connectivity index (χ0) is 12.6. The molecule has 0 N–H and O–H groups in total. The van der Waals surface area contributed by atoms with Crippen LogP contribution in [0.15, 0.2) is 42.2 Å². The number of hydrogen-bond acceptors (Lipinski definition) is 2. The molecule has 0 aliphatic carbocycles. The molecular weight excluding hydrogens is 196 g/mol. The third kappa shape index (κ3) is 7.92. The summed E-state index contributed by atoms with van der Waals surface area (Å²) in [5, 5.41) is 0. The van der Waals surface area contributed by atoms with E-state index in [2.05, 4.69) is 37.1 Å². The highest BCUT2D eigenvalue weighted by molar-refractivity contribution is 5.11. The van der Waals surface area contributed by atoms with Crippen LogP contribution in [-0.4, -0.2) is 38.0 Å². The van der Waals surface area contributed by atoms with E-state index >= 15 is 0 Å². The van der Waals surface area contributed by atoms with Gasteiger partial charge >= 0.3 is 0 Å². The molecule has 0 amide bonds. The van der Waals surface area contributed by atoms with Gasteiger partial charge in [0.2, 0.25) is 0 Å². The molecule has 0 aromatic heterocycles. The predicted octanol–water partition coefficient (Wildman–Crippen LogP) is 2.97. The molecular formula is C14H24N2. The molecule has 2 heteroatoms. The van der Waals surface area contributed by atoms with E-state index in [1.54, 1.807) is 0 Å². The number of rotatable bonds is 2. The molecule has 1 rings (SSSR count). The lowest BCUT2D eigenvalue weighted by Crippen LogP contribution is -2.12. The van der Waals surface area contributed by atoms with Gasteiger partial charge in [-0.05, 0) is 13.8 Å². The molecule has 0 atom stereocenters. The Labute approximate surface area is 100 Å². The molecule has 0 radical (unpaired) electrons. The normalized spacial score (nSPS) is 10.2. The Morgan fingerprint density at radius 1 is 1.00 bits per heavy atom. The quantitative estimate of drug-likeness (QED) is 0.756. The van der Waals surface area contributed by atoms with E-state index in [9.17, 15) is 0 Å². The summed E-state index contributed by atoms with van der Waals surface area (Å²) < 4.78 is 0. The average molecular weight is 220 g/mol. The van der Waals surface area contributed by atoms with Gasteiger partial charge in [0.1, 0.15) is 0 Å². The van der Waals surface area contributed by atoms with Gasteiger partial charge in [0, 0.05) is 40.1 Å². The second-order valence-corrected chi connectivity index (χ2v) is 4.28. The number of nitrogens with zero attached hydrogens (tertiary/aromatic N) is 2. The maximum Gasteiger partial charge on any atom is 0.0257 e. The molecule has 0 spiro atoms. The maximum atomic E-state index is 2.08. The Hall–Kier alpha value is -1.44. The van der Waals surface area contributed by atoms with E-state index in [4.69, 9.17) is 0 Å². The van der Waals surface area contributed by atoms with Gasteiger partial charge in [-0.3, -0.25) is 0 Å². The molecule has 1 aromatic carbocycles. The zero-order valence-electron chi connectivity index (χ0n) is 11.4. The second kappa shape index (κ2) is 7.80. The maximum absolute atomic E-state index is 2.08. The van der Waals surface area contributed by atoms with Crippen LogP contribution in [0.1, 0.15) is 12.5 Å². The van der Waals surface area contributed by atoms with Crippen molar-refractivity contribution in [1.82, 2.24) is 9.80 Å². The Kier molecular flexibility index (Phi) is 7.10. The summed E-state index contributed by atoms with van der Waals surface area (Å²) in [6, 6.07) is 10.3. The van der Waals surface area contributed by atoms with E-state index in [0.717, 1.165) is 0 Å². The summed E-state index contributed by atoms with van der Waals surface area (Å²) in [5.74, 6) is 0. The molecule has 2 nitrogen and oxygen atoms in total.